The fourth-order valence-corrected chi connectivity index (χ4v) is 2.55. The predicted octanol–water partition coefficient (Wildman–Crippen LogP) is 1.54. The summed E-state index contributed by atoms with van der Waals surface area (Å²) < 4.78 is 31.5. The molecule has 0 saturated carbocycles. The lowest BCUT2D eigenvalue weighted by atomic mass is 9.94. The topological polar surface area (TPSA) is 106 Å². The molecule has 102 valence electrons. The van der Waals surface area contributed by atoms with Gasteiger partial charge in [0.05, 0.1) is 0 Å². The summed E-state index contributed by atoms with van der Waals surface area (Å²) >= 11 is 0. The minimum absolute atomic E-state index is 0.0508. The highest BCUT2D eigenvalue weighted by atomic mass is 32.2. The molecule has 0 heterocycles. The third-order valence-corrected chi connectivity index (χ3v) is 3.42. The minimum Gasteiger partial charge on any atom is -0.294 e. The Kier molecular flexibility index (Phi) is 4.02. The second-order valence-electron chi connectivity index (χ2n) is 4.00. The molecule has 0 spiro atoms. The Morgan fingerprint density at radius 3 is 1.68 bits per heavy atom. The van der Waals surface area contributed by atoms with Crippen molar-refractivity contribution in [3.63, 3.8) is 0 Å². The van der Waals surface area contributed by atoms with Gasteiger partial charge in [-0.25, -0.2) is 0 Å². The molecule has 0 bridgehead atoms. The molecule has 19 heavy (non-hydrogen) atoms. The van der Waals surface area contributed by atoms with Crippen LogP contribution in [-0.2, 0) is 10.1 Å². The molecular weight excluding hydrogens is 272 g/mol. The van der Waals surface area contributed by atoms with Gasteiger partial charge in [-0.1, -0.05) is 0 Å². The molecule has 0 radical (unpaired) electrons. The summed E-state index contributed by atoms with van der Waals surface area (Å²) in [5.74, 6) is -1.82. The molecule has 0 unspecified atom stereocenters. The van der Waals surface area contributed by atoms with E-state index in [2.05, 4.69) is 0 Å². The van der Waals surface area contributed by atoms with E-state index in [1.165, 1.54) is 6.92 Å². The highest BCUT2D eigenvalue weighted by Crippen LogP contribution is 2.25. The molecule has 0 aliphatic carbocycles. The van der Waals surface area contributed by atoms with E-state index in [4.69, 9.17) is 4.55 Å². The first kappa shape index (κ1) is 15.2. The maximum Gasteiger partial charge on any atom is 0.295 e. The number of hydrogen-bond donors (Lipinski definition) is 1. The van der Waals surface area contributed by atoms with Gasteiger partial charge < -0.3 is 0 Å². The second-order valence-corrected chi connectivity index (χ2v) is 5.39. The maximum absolute atomic E-state index is 11.6. The molecule has 1 rings (SSSR count). The van der Waals surface area contributed by atoms with E-state index < -0.39 is 37.9 Å². The van der Waals surface area contributed by atoms with Crippen LogP contribution < -0.4 is 0 Å². The number of Topliss-reactive ketones (excluding diaryl/α,β-unsaturated/α-hetero) is 3. The zero-order valence-electron chi connectivity index (χ0n) is 10.6. The van der Waals surface area contributed by atoms with Gasteiger partial charge in [0.1, 0.15) is 4.90 Å². The monoisotopic (exact) mass is 284 g/mol. The Hall–Kier alpha value is -1.86. The zero-order chi connectivity index (χ0) is 15.0. The maximum atomic E-state index is 11.6. The molecule has 1 N–H and O–H groups in total. The van der Waals surface area contributed by atoms with Crippen LogP contribution in [0.15, 0.2) is 17.0 Å². The molecule has 0 aliphatic rings. The average molecular weight is 284 g/mol. The molecule has 1 aromatic rings. The SMILES string of the molecule is CC(=O)c1ccc(S(=O)(=O)O)c(C(C)=O)c1C(C)=O. The van der Waals surface area contributed by atoms with Crippen molar-refractivity contribution >= 4 is 27.5 Å². The molecule has 6 nitrogen and oxygen atoms in total. The van der Waals surface area contributed by atoms with Gasteiger partial charge in [0, 0.05) is 16.7 Å². The van der Waals surface area contributed by atoms with Gasteiger partial charge >= 0.3 is 0 Å². The first-order valence-electron chi connectivity index (χ1n) is 5.24. The van der Waals surface area contributed by atoms with Crippen molar-refractivity contribution in [2.24, 2.45) is 0 Å². The van der Waals surface area contributed by atoms with E-state index in [0.717, 1.165) is 26.0 Å². The molecule has 7 heteroatoms. The fraction of sp³-hybridized carbons (Fsp3) is 0.250. The summed E-state index contributed by atoms with van der Waals surface area (Å²) in [6.45, 7) is 3.36. The van der Waals surface area contributed by atoms with Gasteiger partial charge in [-0.15, -0.1) is 0 Å². The molecule has 0 amide bonds. The van der Waals surface area contributed by atoms with Gasteiger partial charge in [-0.2, -0.15) is 8.42 Å². The zero-order valence-corrected chi connectivity index (χ0v) is 11.4. The van der Waals surface area contributed by atoms with Crippen LogP contribution >= 0.6 is 0 Å². The summed E-state index contributed by atoms with van der Waals surface area (Å²) in [4.78, 5) is 33.9. The predicted molar refractivity (Wildman–Crippen MR) is 66.3 cm³/mol. The summed E-state index contributed by atoms with van der Waals surface area (Å²) in [5, 5.41) is 0. The number of benzene rings is 1. The van der Waals surface area contributed by atoms with Gasteiger partial charge in [0.15, 0.2) is 17.3 Å². The van der Waals surface area contributed by atoms with Crippen molar-refractivity contribution in [3.05, 3.63) is 28.8 Å². The van der Waals surface area contributed by atoms with Crippen LogP contribution in [0.1, 0.15) is 51.8 Å². The van der Waals surface area contributed by atoms with Gasteiger partial charge in [-0.3, -0.25) is 18.9 Å². The molecule has 0 aliphatic heterocycles. The normalized spacial score (nSPS) is 11.2. The summed E-state index contributed by atoms with van der Waals surface area (Å²) in [6, 6.07) is 2.05. The van der Waals surface area contributed by atoms with Crippen LogP contribution in [0.25, 0.3) is 0 Å². The van der Waals surface area contributed by atoms with E-state index in [1.807, 2.05) is 0 Å². The van der Waals surface area contributed by atoms with Crippen LogP contribution in [-0.4, -0.2) is 30.3 Å². The number of ketones is 3. The van der Waals surface area contributed by atoms with Crippen molar-refractivity contribution in [3.8, 4) is 0 Å². The van der Waals surface area contributed by atoms with Crippen molar-refractivity contribution < 1.29 is 27.4 Å². The lowest BCUT2D eigenvalue weighted by Crippen LogP contribution is -2.16. The van der Waals surface area contributed by atoms with E-state index >= 15 is 0 Å². The standard InChI is InChI=1S/C12H12O6S/c1-6(13)9-4-5-10(19(16,17)18)12(8(3)15)11(9)7(2)14/h4-5H,1-3H3,(H,16,17,18). The van der Waals surface area contributed by atoms with Crippen molar-refractivity contribution in [2.75, 3.05) is 0 Å². The van der Waals surface area contributed by atoms with E-state index in [-0.39, 0.29) is 11.1 Å². The summed E-state index contributed by atoms with van der Waals surface area (Å²) in [5.41, 5.74) is -0.789. The van der Waals surface area contributed by atoms with Crippen LogP contribution in [0, 0.1) is 0 Å². The Morgan fingerprint density at radius 2 is 1.37 bits per heavy atom. The molecule has 1 aromatic carbocycles. The van der Waals surface area contributed by atoms with Crippen LogP contribution in [0.4, 0.5) is 0 Å². The van der Waals surface area contributed by atoms with Crippen molar-refractivity contribution in [2.45, 2.75) is 25.7 Å². The smallest absolute Gasteiger partial charge is 0.294 e. The lowest BCUT2D eigenvalue weighted by Gasteiger charge is -2.12. The third-order valence-electron chi connectivity index (χ3n) is 2.53. The van der Waals surface area contributed by atoms with Crippen molar-refractivity contribution in [1.82, 2.24) is 0 Å². The van der Waals surface area contributed by atoms with Crippen molar-refractivity contribution in [1.29, 1.82) is 0 Å². The molecule has 0 atom stereocenters. The first-order chi connectivity index (χ1) is 8.57. The third kappa shape index (κ3) is 2.94. The Bertz CT molecular complexity index is 684. The molecule has 0 aromatic heterocycles. The number of carbonyl (C=O) groups is 3. The second kappa shape index (κ2) is 5.02. The van der Waals surface area contributed by atoms with E-state index in [1.54, 1.807) is 0 Å². The Labute approximate surface area is 110 Å². The minimum atomic E-state index is -4.66. The Morgan fingerprint density at radius 1 is 0.895 bits per heavy atom. The molecule has 0 saturated heterocycles. The first-order valence-corrected chi connectivity index (χ1v) is 6.68. The quantitative estimate of drug-likeness (QED) is 0.664. The number of carbonyl (C=O) groups excluding carboxylic acids is 3. The highest BCUT2D eigenvalue weighted by Gasteiger charge is 2.27. The average Bonchev–Trinajstić information content (AvgIpc) is 2.25. The van der Waals surface area contributed by atoms with E-state index in [9.17, 15) is 22.8 Å². The largest absolute Gasteiger partial charge is 0.295 e. The van der Waals surface area contributed by atoms with Crippen LogP contribution in [0.3, 0.4) is 0 Å². The lowest BCUT2D eigenvalue weighted by molar-refractivity contribution is 0.0966. The molecular formula is C12H12O6S. The number of rotatable bonds is 4. The van der Waals surface area contributed by atoms with Crippen LogP contribution in [0.5, 0.6) is 0 Å². The van der Waals surface area contributed by atoms with Gasteiger partial charge in [-0.05, 0) is 32.9 Å². The van der Waals surface area contributed by atoms with Gasteiger partial charge in [0.2, 0.25) is 0 Å². The van der Waals surface area contributed by atoms with Gasteiger partial charge in [0.25, 0.3) is 10.1 Å². The fourth-order valence-electron chi connectivity index (χ4n) is 1.81. The highest BCUT2D eigenvalue weighted by molar-refractivity contribution is 7.86. The van der Waals surface area contributed by atoms with Crippen LogP contribution in [0.2, 0.25) is 0 Å². The molecule has 0 fully saturated rings. The Balaban J connectivity index is 3.96. The number of hydrogen-bond acceptors (Lipinski definition) is 5. The summed E-state index contributed by atoms with van der Waals surface area (Å²) in [7, 11) is -4.66. The summed E-state index contributed by atoms with van der Waals surface area (Å²) in [6.07, 6.45) is 0. The van der Waals surface area contributed by atoms with E-state index in [0.29, 0.717) is 0 Å².